The summed E-state index contributed by atoms with van der Waals surface area (Å²) in [5, 5.41) is 22.5. The van der Waals surface area contributed by atoms with E-state index in [2.05, 4.69) is 67.8 Å². The minimum Gasteiger partial charge on any atom is -0.394 e. The van der Waals surface area contributed by atoms with Gasteiger partial charge in [-0.2, -0.15) is 0 Å². The maximum absolute atomic E-state index is 12.2. The van der Waals surface area contributed by atoms with Gasteiger partial charge in [0, 0.05) is 6.42 Å². The third-order valence-electron chi connectivity index (χ3n) is 8.76. The van der Waals surface area contributed by atoms with E-state index in [4.69, 9.17) is 0 Å². The molecule has 0 radical (unpaired) electrons. The lowest BCUT2D eigenvalue weighted by molar-refractivity contribution is -0.123. The fraction of sp³-hybridized carbons (Fsp3) is 0.744. The third-order valence-corrected chi connectivity index (χ3v) is 8.76. The number of aliphatic hydroxyl groups is 2. The molecule has 0 saturated heterocycles. The van der Waals surface area contributed by atoms with Crippen LogP contribution in [0.2, 0.25) is 0 Å². The molecule has 0 saturated carbocycles. The van der Waals surface area contributed by atoms with E-state index in [-0.39, 0.29) is 12.5 Å². The largest absolute Gasteiger partial charge is 0.394 e. The van der Waals surface area contributed by atoms with Gasteiger partial charge in [-0.1, -0.05) is 190 Å². The molecule has 3 N–H and O–H groups in total. The molecule has 0 heterocycles. The van der Waals surface area contributed by atoms with E-state index >= 15 is 0 Å². The predicted octanol–water partition coefficient (Wildman–Crippen LogP) is 12.2. The quantitative estimate of drug-likeness (QED) is 0.0470. The zero-order valence-corrected chi connectivity index (χ0v) is 31.0. The summed E-state index contributed by atoms with van der Waals surface area (Å²) in [6.45, 7) is 4.05. The van der Waals surface area contributed by atoms with Crippen LogP contribution >= 0.6 is 0 Å². The normalized spacial score (nSPS) is 13.7. The first-order valence-electron chi connectivity index (χ1n) is 20.0. The number of hydrogen-bond donors (Lipinski definition) is 3. The lowest BCUT2D eigenvalue weighted by Crippen LogP contribution is -2.45. The van der Waals surface area contributed by atoms with Gasteiger partial charge in [0.25, 0.3) is 0 Å². The standard InChI is InChI=1S/C43H77NO3/c1-3-5-7-9-10-11-12-13-14-15-16-17-18-19-20-21-22-23-24-25-26-27-28-29-30-31-32-33-34-35-37-39-43(47)44-41(40-45)42(46)38-36-8-6-4-2/h5,7,10-11,13-14,16-17,36,38,41-42,45-46H,3-4,6,8-9,12,15,18-35,37,39-40H2,1-2H3,(H,44,47)/b7-5-,11-10-,14-13-,17-16-,38-36+. The van der Waals surface area contributed by atoms with Crippen molar-refractivity contribution >= 4 is 5.91 Å². The first-order valence-corrected chi connectivity index (χ1v) is 20.0. The predicted molar refractivity (Wildman–Crippen MR) is 207 cm³/mol. The van der Waals surface area contributed by atoms with Crippen molar-refractivity contribution < 1.29 is 15.0 Å². The summed E-state index contributed by atoms with van der Waals surface area (Å²) in [5.41, 5.74) is 0. The molecular formula is C43H77NO3. The van der Waals surface area contributed by atoms with E-state index in [1.807, 2.05) is 6.08 Å². The number of rotatable bonds is 35. The lowest BCUT2D eigenvalue weighted by Gasteiger charge is -2.19. The smallest absolute Gasteiger partial charge is 0.220 e. The maximum atomic E-state index is 12.2. The van der Waals surface area contributed by atoms with E-state index < -0.39 is 12.1 Å². The molecule has 272 valence electrons. The number of unbranched alkanes of at least 4 members (excludes halogenated alkanes) is 20. The van der Waals surface area contributed by atoms with Crippen molar-refractivity contribution in [1.29, 1.82) is 0 Å². The van der Waals surface area contributed by atoms with Gasteiger partial charge in [0.2, 0.25) is 5.91 Å². The highest BCUT2D eigenvalue weighted by Crippen LogP contribution is 2.15. The van der Waals surface area contributed by atoms with Gasteiger partial charge >= 0.3 is 0 Å². The van der Waals surface area contributed by atoms with Crippen LogP contribution in [0.4, 0.5) is 0 Å². The Labute approximate surface area is 292 Å². The van der Waals surface area contributed by atoms with E-state index in [9.17, 15) is 15.0 Å². The minimum absolute atomic E-state index is 0.0748. The van der Waals surface area contributed by atoms with Gasteiger partial charge in [0.1, 0.15) is 0 Å². The van der Waals surface area contributed by atoms with Crippen molar-refractivity contribution in [3.8, 4) is 0 Å². The second-order valence-corrected chi connectivity index (χ2v) is 13.3. The molecular weight excluding hydrogens is 578 g/mol. The van der Waals surface area contributed by atoms with Gasteiger partial charge in [-0.15, -0.1) is 0 Å². The molecule has 2 unspecified atom stereocenters. The van der Waals surface area contributed by atoms with Crippen LogP contribution in [0.15, 0.2) is 60.8 Å². The minimum atomic E-state index is -0.834. The van der Waals surface area contributed by atoms with E-state index in [1.54, 1.807) is 6.08 Å². The van der Waals surface area contributed by atoms with Crippen molar-refractivity contribution in [2.45, 2.75) is 199 Å². The summed E-state index contributed by atoms with van der Waals surface area (Å²) < 4.78 is 0. The Balaban J connectivity index is 3.38. The van der Waals surface area contributed by atoms with E-state index in [0.29, 0.717) is 6.42 Å². The molecule has 47 heavy (non-hydrogen) atoms. The third kappa shape index (κ3) is 35.2. The van der Waals surface area contributed by atoms with Crippen molar-refractivity contribution in [2.24, 2.45) is 0 Å². The monoisotopic (exact) mass is 656 g/mol. The molecule has 4 heteroatoms. The fourth-order valence-electron chi connectivity index (χ4n) is 5.68. The van der Waals surface area contributed by atoms with Crippen LogP contribution < -0.4 is 5.32 Å². The first kappa shape index (κ1) is 45.1. The summed E-state index contributed by atoms with van der Waals surface area (Å²) in [7, 11) is 0. The van der Waals surface area contributed by atoms with Gasteiger partial charge in [-0.25, -0.2) is 0 Å². The summed E-state index contributed by atoms with van der Waals surface area (Å²) in [6.07, 6.45) is 53.8. The average molecular weight is 656 g/mol. The summed E-state index contributed by atoms with van der Waals surface area (Å²) >= 11 is 0. The van der Waals surface area contributed by atoms with Gasteiger partial charge in [0.15, 0.2) is 0 Å². The Bertz CT molecular complexity index is 797. The highest BCUT2D eigenvalue weighted by atomic mass is 16.3. The van der Waals surface area contributed by atoms with Crippen LogP contribution in [0.25, 0.3) is 0 Å². The van der Waals surface area contributed by atoms with Crippen LogP contribution in [0.3, 0.4) is 0 Å². The van der Waals surface area contributed by atoms with Crippen molar-refractivity contribution in [3.05, 3.63) is 60.8 Å². The number of amides is 1. The zero-order valence-electron chi connectivity index (χ0n) is 31.0. The molecule has 0 rings (SSSR count). The van der Waals surface area contributed by atoms with Gasteiger partial charge in [0.05, 0.1) is 18.8 Å². The van der Waals surface area contributed by atoms with Crippen LogP contribution in [0.5, 0.6) is 0 Å². The molecule has 1 amide bonds. The second kappa shape index (κ2) is 38.5. The molecule has 4 nitrogen and oxygen atoms in total. The average Bonchev–Trinajstić information content (AvgIpc) is 3.08. The number of aliphatic hydroxyl groups excluding tert-OH is 2. The molecule has 0 aromatic heterocycles. The molecule has 0 aliphatic carbocycles. The van der Waals surface area contributed by atoms with Gasteiger partial charge in [-0.05, 0) is 51.4 Å². The Hall–Kier alpha value is -1.91. The number of hydrogen-bond acceptors (Lipinski definition) is 3. The molecule has 0 aromatic carbocycles. The lowest BCUT2D eigenvalue weighted by atomic mass is 10.0. The molecule has 0 aromatic rings. The Kier molecular flexibility index (Phi) is 37.0. The summed E-state index contributed by atoms with van der Waals surface area (Å²) in [4.78, 5) is 12.2. The number of nitrogens with one attached hydrogen (secondary N) is 1. The SMILES string of the molecule is CC/C=C\C/C=C\C/C=C\C/C=C\CCCCCCCCCCCCCCCCCCCCC(=O)NC(CO)C(O)/C=C/CCCC. The Morgan fingerprint density at radius 2 is 0.936 bits per heavy atom. The number of carbonyl (C=O) groups excluding carboxylic acids is 1. The maximum Gasteiger partial charge on any atom is 0.220 e. The Morgan fingerprint density at radius 1 is 0.532 bits per heavy atom. The van der Waals surface area contributed by atoms with Crippen molar-refractivity contribution in [1.82, 2.24) is 5.32 Å². The molecule has 0 bridgehead atoms. The van der Waals surface area contributed by atoms with Gasteiger partial charge in [-0.3, -0.25) is 4.79 Å². The molecule has 0 aliphatic rings. The zero-order chi connectivity index (χ0) is 34.3. The van der Waals surface area contributed by atoms with Crippen LogP contribution in [0, 0.1) is 0 Å². The molecule has 0 fully saturated rings. The van der Waals surface area contributed by atoms with E-state index in [1.165, 1.54) is 109 Å². The van der Waals surface area contributed by atoms with Crippen LogP contribution in [0.1, 0.15) is 187 Å². The highest BCUT2D eigenvalue weighted by Gasteiger charge is 2.17. The topological polar surface area (TPSA) is 69.6 Å². The van der Waals surface area contributed by atoms with Crippen molar-refractivity contribution in [2.75, 3.05) is 6.61 Å². The van der Waals surface area contributed by atoms with Crippen LogP contribution in [-0.4, -0.2) is 34.9 Å². The van der Waals surface area contributed by atoms with E-state index in [0.717, 1.165) is 57.8 Å². The van der Waals surface area contributed by atoms with Gasteiger partial charge < -0.3 is 15.5 Å². The fourth-order valence-corrected chi connectivity index (χ4v) is 5.68. The summed E-state index contributed by atoms with van der Waals surface area (Å²) in [6, 6.07) is -0.617. The second-order valence-electron chi connectivity index (χ2n) is 13.3. The Morgan fingerprint density at radius 3 is 1.38 bits per heavy atom. The van der Waals surface area contributed by atoms with Crippen LogP contribution in [-0.2, 0) is 4.79 Å². The number of carbonyl (C=O) groups is 1. The summed E-state index contributed by atoms with van der Waals surface area (Å²) in [5.74, 6) is -0.0748. The first-order chi connectivity index (χ1) is 23.2. The molecule has 2 atom stereocenters. The number of allylic oxidation sites excluding steroid dienone is 9. The highest BCUT2D eigenvalue weighted by molar-refractivity contribution is 5.76. The van der Waals surface area contributed by atoms with Crippen molar-refractivity contribution in [3.63, 3.8) is 0 Å². The molecule has 0 aliphatic heterocycles. The molecule has 0 spiro atoms.